The molecular weight excluding hydrogens is 158 g/mol. The highest BCUT2D eigenvalue weighted by atomic mass is 14.8. The summed E-state index contributed by atoms with van der Waals surface area (Å²) >= 11 is 0. The van der Waals surface area contributed by atoms with Crippen molar-refractivity contribution in [2.75, 3.05) is 0 Å². The molecule has 1 aromatic rings. The Morgan fingerprint density at radius 1 is 1.38 bits per heavy atom. The average Bonchev–Trinajstić information content (AvgIpc) is 2.44. The second-order valence-corrected chi connectivity index (χ2v) is 3.19. The fraction of sp³-hybridized carbons (Fsp3) is 0.167. The monoisotopic (exact) mass is 170 g/mol. The number of rotatable bonds is 2. The first-order chi connectivity index (χ1) is 6.33. The minimum atomic E-state index is 0.909. The van der Waals surface area contributed by atoms with Crippen LogP contribution >= 0.6 is 0 Å². The zero-order valence-corrected chi connectivity index (χ0v) is 7.75. The van der Waals surface area contributed by atoms with Crippen LogP contribution in [0.15, 0.2) is 41.9 Å². The molecule has 2 rings (SSSR count). The molecule has 65 valence electrons. The molecule has 0 saturated heterocycles. The number of nitrogens with zero attached hydrogens (tertiary/aromatic N) is 1. The molecule has 0 fully saturated rings. The molecule has 1 radical (unpaired) electrons. The van der Waals surface area contributed by atoms with E-state index >= 15 is 0 Å². The maximum absolute atomic E-state index is 4.48. The van der Waals surface area contributed by atoms with Crippen LogP contribution in [0.4, 0.5) is 0 Å². The van der Waals surface area contributed by atoms with E-state index in [-0.39, 0.29) is 0 Å². The van der Waals surface area contributed by atoms with Gasteiger partial charge in [-0.15, -0.1) is 6.58 Å². The SMILES string of the molecule is C=CCC1=c2ccccc2=N[C]1C. The lowest BCUT2D eigenvalue weighted by atomic mass is 10.1. The Morgan fingerprint density at radius 2 is 2.15 bits per heavy atom. The summed E-state index contributed by atoms with van der Waals surface area (Å²) in [5.74, 6) is 0. The van der Waals surface area contributed by atoms with E-state index in [1.807, 2.05) is 12.1 Å². The largest absolute Gasteiger partial charge is 0.271 e. The van der Waals surface area contributed by atoms with Crippen LogP contribution in [0.2, 0.25) is 0 Å². The summed E-state index contributed by atoms with van der Waals surface area (Å²) in [6.45, 7) is 5.81. The Bertz CT molecular complexity index is 442. The van der Waals surface area contributed by atoms with Crippen molar-refractivity contribution < 1.29 is 0 Å². The van der Waals surface area contributed by atoms with Crippen molar-refractivity contribution in [1.29, 1.82) is 0 Å². The fourth-order valence-corrected chi connectivity index (χ4v) is 1.67. The van der Waals surface area contributed by atoms with Crippen LogP contribution < -0.4 is 10.6 Å². The number of benzene rings is 1. The number of para-hydroxylation sites is 1. The van der Waals surface area contributed by atoms with Crippen LogP contribution in [0.1, 0.15) is 13.3 Å². The van der Waals surface area contributed by atoms with Crippen LogP contribution in [-0.2, 0) is 0 Å². The highest BCUT2D eigenvalue weighted by Crippen LogP contribution is 2.19. The third-order valence-electron chi connectivity index (χ3n) is 2.30. The van der Waals surface area contributed by atoms with Crippen LogP contribution in [0, 0.1) is 6.04 Å². The van der Waals surface area contributed by atoms with Crippen molar-refractivity contribution >= 4 is 5.57 Å². The second-order valence-electron chi connectivity index (χ2n) is 3.19. The summed E-state index contributed by atoms with van der Waals surface area (Å²) in [6.07, 6.45) is 2.84. The van der Waals surface area contributed by atoms with Crippen molar-refractivity contribution in [2.45, 2.75) is 13.3 Å². The van der Waals surface area contributed by atoms with E-state index in [9.17, 15) is 0 Å². The molecule has 13 heavy (non-hydrogen) atoms. The van der Waals surface area contributed by atoms with E-state index in [2.05, 4.69) is 36.7 Å². The maximum atomic E-state index is 4.48. The van der Waals surface area contributed by atoms with Gasteiger partial charge in [-0.05, 0) is 25.0 Å². The van der Waals surface area contributed by atoms with Crippen LogP contribution in [0.3, 0.4) is 0 Å². The van der Waals surface area contributed by atoms with Crippen LogP contribution in [-0.4, -0.2) is 0 Å². The molecule has 0 unspecified atom stereocenters. The molecule has 1 aromatic carbocycles. The molecule has 0 N–H and O–H groups in total. The summed E-state index contributed by atoms with van der Waals surface area (Å²) in [5, 5.41) is 2.36. The first-order valence-corrected chi connectivity index (χ1v) is 4.44. The molecule has 1 aliphatic heterocycles. The highest BCUT2D eigenvalue weighted by Gasteiger charge is 2.13. The lowest BCUT2D eigenvalue weighted by molar-refractivity contribution is 1.10. The van der Waals surface area contributed by atoms with Gasteiger partial charge in [-0.2, -0.15) is 0 Å². The lowest BCUT2D eigenvalue weighted by Crippen LogP contribution is -2.21. The van der Waals surface area contributed by atoms with E-state index in [1.165, 1.54) is 10.8 Å². The van der Waals surface area contributed by atoms with Crippen molar-refractivity contribution in [3.63, 3.8) is 0 Å². The number of hydrogen-bond acceptors (Lipinski definition) is 1. The van der Waals surface area contributed by atoms with Gasteiger partial charge in [0.05, 0.1) is 5.36 Å². The predicted molar refractivity (Wildman–Crippen MR) is 54.4 cm³/mol. The van der Waals surface area contributed by atoms with Gasteiger partial charge in [0.2, 0.25) is 0 Å². The minimum Gasteiger partial charge on any atom is -0.271 e. The molecule has 0 bridgehead atoms. The van der Waals surface area contributed by atoms with Gasteiger partial charge in [0, 0.05) is 5.22 Å². The van der Waals surface area contributed by atoms with E-state index < -0.39 is 0 Å². The first kappa shape index (κ1) is 8.24. The molecule has 1 heterocycles. The molecule has 1 aliphatic rings. The van der Waals surface area contributed by atoms with Gasteiger partial charge >= 0.3 is 0 Å². The Morgan fingerprint density at radius 3 is 2.92 bits per heavy atom. The van der Waals surface area contributed by atoms with Crippen molar-refractivity contribution in [2.24, 2.45) is 4.99 Å². The maximum Gasteiger partial charge on any atom is 0.109 e. The van der Waals surface area contributed by atoms with Crippen LogP contribution in [0.25, 0.3) is 5.57 Å². The van der Waals surface area contributed by atoms with Gasteiger partial charge in [-0.1, -0.05) is 24.3 Å². The quantitative estimate of drug-likeness (QED) is 0.598. The van der Waals surface area contributed by atoms with Gasteiger partial charge < -0.3 is 0 Å². The summed E-state index contributed by atoms with van der Waals surface area (Å²) in [6, 6.07) is 9.37. The van der Waals surface area contributed by atoms with Crippen LogP contribution in [0.5, 0.6) is 0 Å². The van der Waals surface area contributed by atoms with E-state index in [1.54, 1.807) is 0 Å². The Kier molecular flexibility index (Phi) is 2.01. The van der Waals surface area contributed by atoms with Crippen molar-refractivity contribution in [1.82, 2.24) is 0 Å². The van der Waals surface area contributed by atoms with Crippen molar-refractivity contribution in [3.8, 4) is 0 Å². The number of hydrogen-bond donors (Lipinski definition) is 0. The summed E-state index contributed by atoms with van der Waals surface area (Å²) in [7, 11) is 0. The van der Waals surface area contributed by atoms with Gasteiger partial charge in [0.15, 0.2) is 0 Å². The molecule has 0 amide bonds. The zero-order valence-electron chi connectivity index (χ0n) is 7.75. The Labute approximate surface area is 78.1 Å². The van der Waals surface area contributed by atoms with E-state index in [0.717, 1.165) is 17.8 Å². The number of fused-ring (bicyclic) bond motifs is 1. The van der Waals surface area contributed by atoms with Crippen molar-refractivity contribution in [3.05, 3.63) is 53.5 Å². The minimum absolute atomic E-state index is 0.909. The smallest absolute Gasteiger partial charge is 0.109 e. The molecule has 0 aliphatic carbocycles. The summed E-state index contributed by atoms with van der Waals surface area (Å²) < 4.78 is 0. The summed E-state index contributed by atoms with van der Waals surface area (Å²) in [4.78, 5) is 4.48. The number of allylic oxidation sites excluding steroid dienone is 1. The lowest BCUT2D eigenvalue weighted by Gasteiger charge is -2.01. The average molecular weight is 170 g/mol. The molecule has 1 nitrogen and oxygen atoms in total. The third-order valence-corrected chi connectivity index (χ3v) is 2.30. The molecule has 0 saturated carbocycles. The molecular formula is C12H12N. The van der Waals surface area contributed by atoms with E-state index in [4.69, 9.17) is 0 Å². The van der Waals surface area contributed by atoms with E-state index in [0.29, 0.717) is 0 Å². The Hall–Kier alpha value is -1.37. The first-order valence-electron chi connectivity index (χ1n) is 4.44. The molecule has 0 aromatic heterocycles. The predicted octanol–water partition coefficient (Wildman–Crippen LogP) is 1.60. The van der Waals surface area contributed by atoms with Gasteiger partial charge in [0.25, 0.3) is 0 Å². The third kappa shape index (κ3) is 1.31. The second kappa shape index (κ2) is 3.17. The normalized spacial score (nSPS) is 15.3. The van der Waals surface area contributed by atoms with Gasteiger partial charge in [0.1, 0.15) is 6.04 Å². The Balaban J connectivity index is 2.68. The molecule has 0 spiro atoms. The molecule has 1 heteroatoms. The highest BCUT2D eigenvalue weighted by molar-refractivity contribution is 5.61. The van der Waals surface area contributed by atoms with Gasteiger partial charge in [-0.3, -0.25) is 4.99 Å². The van der Waals surface area contributed by atoms with Gasteiger partial charge in [-0.25, -0.2) is 0 Å². The zero-order chi connectivity index (χ0) is 9.26. The standard InChI is InChI=1S/C12H12N/c1-3-6-10-9(2)13-12-8-5-4-7-11(10)12/h3-5,7-8H,1,6H2,2H3. The fourth-order valence-electron chi connectivity index (χ4n) is 1.67. The topological polar surface area (TPSA) is 12.4 Å². The molecule has 0 atom stereocenters. The summed E-state index contributed by atoms with van der Waals surface area (Å²) in [5.41, 5.74) is 1.31.